The van der Waals surface area contributed by atoms with E-state index in [1.165, 1.54) is 6.07 Å². The SMILES string of the molecule is Cc1cc(-c2cccc3c2oc2ccccc23)cc(-c2cccc(-c3cc(-c4ccccc4)cc(-c4ccc(F)cc4O)n3)c2)n1. The predicted octanol–water partition coefficient (Wildman–Crippen LogP) is 10.9. The molecule has 0 spiro atoms. The number of hydrogen-bond acceptors (Lipinski definition) is 4. The van der Waals surface area contributed by atoms with Crippen molar-refractivity contribution in [2.24, 2.45) is 0 Å². The highest BCUT2D eigenvalue weighted by atomic mass is 19.1. The number of benzene rings is 5. The zero-order valence-electron chi connectivity index (χ0n) is 24.9. The number of halogens is 1. The van der Waals surface area contributed by atoms with Gasteiger partial charge in [0.2, 0.25) is 0 Å². The Bertz CT molecular complexity index is 2410. The lowest BCUT2D eigenvalue weighted by Crippen LogP contribution is -1.93. The molecule has 0 radical (unpaired) electrons. The molecule has 0 unspecified atom stereocenters. The average molecular weight is 599 g/mol. The molecule has 0 aliphatic carbocycles. The molecular formula is C41H27FN2O2. The molecule has 0 atom stereocenters. The number of aryl methyl sites for hydroxylation is 1. The van der Waals surface area contributed by atoms with Crippen LogP contribution in [0, 0.1) is 12.7 Å². The molecule has 5 heteroatoms. The molecule has 8 rings (SSSR count). The molecule has 1 N–H and O–H groups in total. The first-order valence-electron chi connectivity index (χ1n) is 15.1. The molecule has 0 fully saturated rings. The first-order valence-corrected chi connectivity index (χ1v) is 15.1. The van der Waals surface area contributed by atoms with Gasteiger partial charge in [0, 0.05) is 44.8 Å². The van der Waals surface area contributed by atoms with Crippen molar-refractivity contribution in [2.45, 2.75) is 6.92 Å². The van der Waals surface area contributed by atoms with Crippen molar-refractivity contribution in [3.05, 3.63) is 151 Å². The molecule has 4 nitrogen and oxygen atoms in total. The molecule has 0 aliphatic rings. The molecule has 46 heavy (non-hydrogen) atoms. The number of furan rings is 1. The summed E-state index contributed by atoms with van der Waals surface area (Å²) in [5, 5.41) is 12.8. The minimum atomic E-state index is -0.505. The van der Waals surface area contributed by atoms with Gasteiger partial charge in [-0.15, -0.1) is 0 Å². The van der Waals surface area contributed by atoms with Gasteiger partial charge in [0.15, 0.2) is 0 Å². The zero-order valence-corrected chi connectivity index (χ0v) is 24.9. The Hall–Kier alpha value is -6.07. The largest absolute Gasteiger partial charge is 0.507 e. The molecule has 0 saturated carbocycles. The Labute approximate surface area is 265 Å². The molecule has 0 bridgehead atoms. The van der Waals surface area contributed by atoms with E-state index in [9.17, 15) is 9.50 Å². The van der Waals surface area contributed by atoms with Crippen molar-refractivity contribution in [1.82, 2.24) is 9.97 Å². The normalized spacial score (nSPS) is 11.3. The topological polar surface area (TPSA) is 59.2 Å². The van der Waals surface area contributed by atoms with Crippen LogP contribution in [-0.4, -0.2) is 15.1 Å². The molecule has 0 saturated heterocycles. The lowest BCUT2D eigenvalue weighted by Gasteiger charge is -2.13. The molecule has 0 amide bonds. The minimum Gasteiger partial charge on any atom is -0.507 e. The van der Waals surface area contributed by atoms with Crippen molar-refractivity contribution in [2.75, 3.05) is 0 Å². The van der Waals surface area contributed by atoms with E-state index >= 15 is 0 Å². The summed E-state index contributed by atoms with van der Waals surface area (Å²) in [5.41, 5.74) is 11.0. The standard InChI is InChI=1S/C41H27FN2O2/c1-25-19-30(32-14-8-15-34-33-13-5-6-16-40(33)46-41(32)34)23-36(43-25)27-11-7-12-28(20-27)37-21-29(26-9-3-2-4-10-26)22-38(44-37)35-18-17-31(42)24-39(35)45/h2-24,45H,1H3. The lowest BCUT2D eigenvalue weighted by molar-refractivity contribution is 0.471. The van der Waals surface area contributed by atoms with Gasteiger partial charge in [-0.2, -0.15) is 0 Å². The fourth-order valence-corrected chi connectivity index (χ4v) is 6.12. The maximum Gasteiger partial charge on any atom is 0.143 e. The van der Waals surface area contributed by atoms with E-state index in [0.717, 1.165) is 78.5 Å². The summed E-state index contributed by atoms with van der Waals surface area (Å²) in [6.45, 7) is 2.00. The summed E-state index contributed by atoms with van der Waals surface area (Å²) < 4.78 is 20.2. The smallest absolute Gasteiger partial charge is 0.143 e. The zero-order chi connectivity index (χ0) is 31.2. The first-order chi connectivity index (χ1) is 22.5. The number of nitrogens with zero attached hydrogens (tertiary/aromatic N) is 2. The number of hydrogen-bond donors (Lipinski definition) is 1. The van der Waals surface area contributed by atoms with Gasteiger partial charge in [-0.3, -0.25) is 4.98 Å². The number of phenolic OH excluding ortho intramolecular Hbond substituents is 1. The summed E-state index contributed by atoms with van der Waals surface area (Å²) in [7, 11) is 0. The number of phenols is 1. The lowest BCUT2D eigenvalue weighted by atomic mass is 9.97. The monoisotopic (exact) mass is 598 g/mol. The second-order valence-corrected chi connectivity index (χ2v) is 11.4. The van der Waals surface area contributed by atoms with E-state index in [2.05, 4.69) is 42.5 Å². The van der Waals surface area contributed by atoms with E-state index in [-0.39, 0.29) is 5.75 Å². The molecule has 3 aromatic heterocycles. The van der Waals surface area contributed by atoms with E-state index in [1.54, 1.807) is 6.07 Å². The highest BCUT2D eigenvalue weighted by molar-refractivity contribution is 6.09. The number of aromatic hydroxyl groups is 1. The van der Waals surface area contributed by atoms with Gasteiger partial charge in [0.1, 0.15) is 22.7 Å². The van der Waals surface area contributed by atoms with E-state index < -0.39 is 5.82 Å². The first kappa shape index (κ1) is 27.5. The fourth-order valence-electron chi connectivity index (χ4n) is 6.12. The predicted molar refractivity (Wildman–Crippen MR) is 183 cm³/mol. The van der Waals surface area contributed by atoms with Crippen LogP contribution in [0.15, 0.2) is 144 Å². The molecule has 8 aromatic rings. The van der Waals surface area contributed by atoms with Crippen LogP contribution in [0.5, 0.6) is 5.75 Å². The Balaban J connectivity index is 1.25. The molecule has 220 valence electrons. The summed E-state index contributed by atoms with van der Waals surface area (Å²) in [5.74, 6) is -0.664. The quantitative estimate of drug-likeness (QED) is 0.214. The summed E-state index contributed by atoms with van der Waals surface area (Å²) in [4.78, 5) is 9.86. The van der Waals surface area contributed by atoms with Crippen molar-refractivity contribution in [3.63, 3.8) is 0 Å². The summed E-state index contributed by atoms with van der Waals surface area (Å²) in [6.07, 6.45) is 0. The van der Waals surface area contributed by atoms with Gasteiger partial charge in [-0.25, -0.2) is 9.37 Å². The number of aromatic nitrogens is 2. The van der Waals surface area contributed by atoms with Gasteiger partial charge in [0.05, 0.1) is 17.1 Å². The third-order valence-electron chi connectivity index (χ3n) is 8.29. The Kier molecular flexibility index (Phi) is 6.65. The third-order valence-corrected chi connectivity index (χ3v) is 8.29. The third kappa shape index (κ3) is 4.98. The highest BCUT2D eigenvalue weighted by Crippen LogP contribution is 2.38. The van der Waals surface area contributed by atoms with Crippen LogP contribution < -0.4 is 0 Å². The van der Waals surface area contributed by atoms with Gasteiger partial charge in [-0.1, -0.05) is 84.9 Å². The Morgan fingerprint density at radius 3 is 2.02 bits per heavy atom. The maximum absolute atomic E-state index is 13.9. The highest BCUT2D eigenvalue weighted by Gasteiger charge is 2.16. The number of pyridine rings is 2. The second kappa shape index (κ2) is 11.1. The molecule has 0 aliphatic heterocycles. The molecular weight excluding hydrogens is 571 g/mol. The van der Waals surface area contributed by atoms with Crippen LogP contribution in [0.3, 0.4) is 0 Å². The second-order valence-electron chi connectivity index (χ2n) is 11.4. The Morgan fingerprint density at radius 2 is 1.20 bits per heavy atom. The van der Waals surface area contributed by atoms with Gasteiger partial charge < -0.3 is 9.52 Å². The van der Waals surface area contributed by atoms with E-state index in [1.807, 2.05) is 85.8 Å². The number of fused-ring (bicyclic) bond motifs is 3. The number of rotatable bonds is 5. The summed E-state index contributed by atoms with van der Waals surface area (Å²) in [6, 6.07) is 44.6. The van der Waals surface area contributed by atoms with Crippen molar-refractivity contribution < 1.29 is 13.9 Å². The van der Waals surface area contributed by atoms with E-state index in [0.29, 0.717) is 11.3 Å². The van der Waals surface area contributed by atoms with Crippen LogP contribution in [0.4, 0.5) is 4.39 Å². The van der Waals surface area contributed by atoms with Gasteiger partial charge >= 0.3 is 0 Å². The van der Waals surface area contributed by atoms with Crippen LogP contribution in [-0.2, 0) is 0 Å². The van der Waals surface area contributed by atoms with E-state index in [4.69, 9.17) is 14.4 Å². The van der Waals surface area contributed by atoms with Crippen LogP contribution in [0.2, 0.25) is 0 Å². The minimum absolute atomic E-state index is 0.159. The maximum atomic E-state index is 13.9. The van der Waals surface area contributed by atoms with Gasteiger partial charge in [-0.05, 0) is 72.1 Å². The number of para-hydroxylation sites is 2. The van der Waals surface area contributed by atoms with Crippen LogP contribution in [0.1, 0.15) is 5.69 Å². The average Bonchev–Trinajstić information content (AvgIpc) is 3.47. The van der Waals surface area contributed by atoms with Crippen molar-refractivity contribution in [3.8, 4) is 61.8 Å². The van der Waals surface area contributed by atoms with Crippen LogP contribution >= 0.6 is 0 Å². The Morgan fingerprint density at radius 1 is 0.522 bits per heavy atom. The van der Waals surface area contributed by atoms with Crippen LogP contribution in [0.25, 0.3) is 78.0 Å². The fraction of sp³-hybridized carbons (Fsp3) is 0.0244. The molecule has 3 heterocycles. The van der Waals surface area contributed by atoms with Crippen molar-refractivity contribution >= 4 is 21.9 Å². The van der Waals surface area contributed by atoms with Crippen molar-refractivity contribution in [1.29, 1.82) is 0 Å². The van der Waals surface area contributed by atoms with Gasteiger partial charge in [0.25, 0.3) is 0 Å². The molecule has 5 aromatic carbocycles. The summed E-state index contributed by atoms with van der Waals surface area (Å²) >= 11 is 0.